The van der Waals surface area contributed by atoms with Gasteiger partial charge in [-0.3, -0.25) is 0 Å². The minimum atomic E-state index is -0.206. The fourth-order valence-corrected chi connectivity index (χ4v) is 2.44. The van der Waals surface area contributed by atoms with Gasteiger partial charge in [-0.15, -0.1) is 0 Å². The summed E-state index contributed by atoms with van der Waals surface area (Å²) in [7, 11) is 0. The number of benzene rings is 1. The van der Waals surface area contributed by atoms with Crippen molar-refractivity contribution >= 4 is 24.2 Å². The normalized spacial score (nSPS) is 15.1. The van der Waals surface area contributed by atoms with Crippen LogP contribution in [0.3, 0.4) is 0 Å². The molecular weight excluding hydrogens is 224 g/mol. The van der Waals surface area contributed by atoms with E-state index in [1.54, 1.807) is 0 Å². The van der Waals surface area contributed by atoms with Gasteiger partial charge in [-0.05, 0) is 28.5 Å². The zero-order valence-corrected chi connectivity index (χ0v) is 10.3. The molecule has 1 aromatic rings. The van der Waals surface area contributed by atoms with Crippen molar-refractivity contribution in [3.8, 4) is 0 Å². The Morgan fingerprint density at radius 3 is 2.94 bits per heavy atom. The lowest BCUT2D eigenvalue weighted by Crippen LogP contribution is -2.32. The largest absolute Gasteiger partial charge is 0.463 e. The van der Waals surface area contributed by atoms with Gasteiger partial charge in [0.2, 0.25) is 0 Å². The summed E-state index contributed by atoms with van der Waals surface area (Å²) < 4.78 is 5.04. The zero-order chi connectivity index (χ0) is 12.5. The van der Waals surface area contributed by atoms with Crippen molar-refractivity contribution in [3.05, 3.63) is 51.4 Å². The molecule has 0 saturated heterocycles. The van der Waals surface area contributed by atoms with E-state index in [-0.39, 0.29) is 5.97 Å². The predicted molar refractivity (Wildman–Crippen MR) is 72.1 cm³/mol. The monoisotopic (exact) mass is 238 g/mol. The molecule has 0 spiro atoms. The van der Waals surface area contributed by atoms with Crippen LogP contribution in [0, 0.1) is 0 Å². The number of rotatable bonds is 2. The molecule has 0 atom stereocenters. The van der Waals surface area contributed by atoms with Gasteiger partial charge in [-0.1, -0.05) is 42.5 Å². The lowest BCUT2D eigenvalue weighted by molar-refractivity contribution is -0.138. The van der Waals surface area contributed by atoms with Crippen LogP contribution in [0.25, 0.3) is 18.2 Å². The SMILES string of the molecule is CCOC(=O)C1=CC=c2c(ccc3c2=CC=C3)C1. The third-order valence-corrected chi connectivity index (χ3v) is 3.32. The number of fused-ring (bicyclic) bond motifs is 3. The van der Waals surface area contributed by atoms with Crippen LogP contribution >= 0.6 is 0 Å². The number of esters is 1. The predicted octanol–water partition coefficient (Wildman–Crippen LogP) is 1.32. The summed E-state index contributed by atoms with van der Waals surface area (Å²) in [6.07, 6.45) is 10.8. The average Bonchev–Trinajstić information content (AvgIpc) is 2.87. The molecule has 2 aliphatic carbocycles. The second-order valence-electron chi connectivity index (χ2n) is 4.42. The van der Waals surface area contributed by atoms with Crippen LogP contribution < -0.4 is 10.4 Å². The van der Waals surface area contributed by atoms with Gasteiger partial charge in [0, 0.05) is 12.0 Å². The summed E-state index contributed by atoms with van der Waals surface area (Å²) in [5, 5.41) is 2.48. The molecule has 0 N–H and O–H groups in total. The first-order chi connectivity index (χ1) is 8.79. The van der Waals surface area contributed by atoms with Crippen LogP contribution in [0.2, 0.25) is 0 Å². The van der Waals surface area contributed by atoms with E-state index in [4.69, 9.17) is 4.74 Å². The fraction of sp³-hybridized carbons (Fsp3) is 0.188. The van der Waals surface area contributed by atoms with Gasteiger partial charge in [0.15, 0.2) is 0 Å². The molecule has 2 heteroatoms. The second-order valence-corrected chi connectivity index (χ2v) is 4.42. The van der Waals surface area contributed by atoms with E-state index in [0.717, 1.165) is 5.57 Å². The molecule has 0 heterocycles. The van der Waals surface area contributed by atoms with E-state index >= 15 is 0 Å². The number of hydrogen-bond acceptors (Lipinski definition) is 2. The van der Waals surface area contributed by atoms with Crippen LogP contribution in [0.4, 0.5) is 0 Å². The maximum Gasteiger partial charge on any atom is 0.334 e. The van der Waals surface area contributed by atoms with E-state index in [9.17, 15) is 4.79 Å². The summed E-state index contributed by atoms with van der Waals surface area (Å²) in [6.45, 7) is 2.25. The third kappa shape index (κ3) is 1.70. The highest BCUT2D eigenvalue weighted by Crippen LogP contribution is 2.12. The van der Waals surface area contributed by atoms with Crippen molar-refractivity contribution in [2.45, 2.75) is 13.3 Å². The molecule has 2 nitrogen and oxygen atoms in total. The highest BCUT2D eigenvalue weighted by atomic mass is 16.5. The topological polar surface area (TPSA) is 26.3 Å². The molecule has 0 fully saturated rings. The molecule has 0 aromatic heterocycles. The average molecular weight is 238 g/mol. The van der Waals surface area contributed by atoms with Crippen LogP contribution in [-0.2, 0) is 16.0 Å². The number of carbonyl (C=O) groups is 1. The number of carbonyl (C=O) groups excluding carboxylic acids is 1. The first-order valence-electron chi connectivity index (χ1n) is 6.18. The van der Waals surface area contributed by atoms with Crippen molar-refractivity contribution in [1.82, 2.24) is 0 Å². The van der Waals surface area contributed by atoms with Gasteiger partial charge in [0.1, 0.15) is 0 Å². The Kier molecular flexibility index (Phi) is 2.63. The number of allylic oxidation sites excluding steroid dienone is 2. The maximum absolute atomic E-state index is 11.7. The zero-order valence-electron chi connectivity index (χ0n) is 10.3. The minimum Gasteiger partial charge on any atom is -0.463 e. The van der Waals surface area contributed by atoms with Gasteiger partial charge in [0.05, 0.1) is 6.61 Å². The summed E-state index contributed by atoms with van der Waals surface area (Å²) >= 11 is 0. The summed E-state index contributed by atoms with van der Waals surface area (Å²) in [5.74, 6) is -0.206. The molecule has 0 radical (unpaired) electrons. The van der Waals surface area contributed by atoms with Crippen LogP contribution in [0.1, 0.15) is 18.1 Å². The van der Waals surface area contributed by atoms with Crippen molar-refractivity contribution in [1.29, 1.82) is 0 Å². The Labute approximate surface area is 106 Å². The molecular formula is C16H14O2. The van der Waals surface area contributed by atoms with Crippen molar-refractivity contribution in [3.63, 3.8) is 0 Å². The Bertz CT molecular complexity index is 691. The summed E-state index contributed by atoms with van der Waals surface area (Å²) in [5.41, 5.74) is 3.17. The Morgan fingerprint density at radius 2 is 2.11 bits per heavy atom. The first-order valence-corrected chi connectivity index (χ1v) is 6.18. The van der Waals surface area contributed by atoms with Gasteiger partial charge >= 0.3 is 5.97 Å². The first kappa shape index (κ1) is 11.0. The molecule has 0 saturated carbocycles. The van der Waals surface area contributed by atoms with Crippen molar-refractivity contribution in [2.24, 2.45) is 0 Å². The van der Waals surface area contributed by atoms with Gasteiger partial charge in [0.25, 0.3) is 0 Å². The van der Waals surface area contributed by atoms with Crippen molar-refractivity contribution < 1.29 is 9.53 Å². The summed E-state index contributed by atoms with van der Waals surface area (Å²) in [6, 6.07) is 4.20. The molecule has 18 heavy (non-hydrogen) atoms. The molecule has 0 aliphatic heterocycles. The Hall–Kier alpha value is -2.09. The van der Waals surface area contributed by atoms with Crippen LogP contribution in [0.15, 0.2) is 29.9 Å². The molecule has 1 aromatic carbocycles. The van der Waals surface area contributed by atoms with E-state index in [1.165, 1.54) is 21.6 Å². The lowest BCUT2D eigenvalue weighted by atomic mass is 9.95. The molecule has 2 aliphatic rings. The van der Waals surface area contributed by atoms with Crippen LogP contribution in [-0.4, -0.2) is 12.6 Å². The van der Waals surface area contributed by atoms with Gasteiger partial charge in [-0.25, -0.2) is 4.79 Å². The highest BCUT2D eigenvalue weighted by Gasteiger charge is 2.15. The van der Waals surface area contributed by atoms with E-state index < -0.39 is 0 Å². The van der Waals surface area contributed by atoms with Crippen molar-refractivity contribution in [2.75, 3.05) is 6.61 Å². The molecule has 0 amide bonds. The maximum atomic E-state index is 11.7. The Balaban J connectivity index is 2.07. The van der Waals surface area contributed by atoms with E-state index in [1.807, 2.05) is 19.1 Å². The van der Waals surface area contributed by atoms with E-state index in [2.05, 4.69) is 30.4 Å². The van der Waals surface area contributed by atoms with Gasteiger partial charge < -0.3 is 4.74 Å². The van der Waals surface area contributed by atoms with Crippen LogP contribution in [0.5, 0.6) is 0 Å². The Morgan fingerprint density at radius 1 is 1.22 bits per heavy atom. The van der Waals surface area contributed by atoms with Gasteiger partial charge in [-0.2, -0.15) is 0 Å². The quantitative estimate of drug-likeness (QED) is 0.726. The lowest BCUT2D eigenvalue weighted by Gasteiger charge is -2.12. The molecule has 0 bridgehead atoms. The molecule has 90 valence electrons. The second kappa shape index (κ2) is 4.30. The minimum absolute atomic E-state index is 0.206. The molecule has 3 rings (SSSR count). The smallest absolute Gasteiger partial charge is 0.334 e. The molecule has 0 unspecified atom stereocenters. The summed E-state index contributed by atoms with van der Waals surface area (Å²) in [4.78, 5) is 11.7. The fourth-order valence-electron chi connectivity index (χ4n) is 2.44. The highest BCUT2D eigenvalue weighted by molar-refractivity contribution is 5.91. The third-order valence-electron chi connectivity index (χ3n) is 3.32. The standard InChI is InChI=1S/C16H14O2/c1-2-18-16(17)13-8-9-15-12(10-13)7-6-11-4-3-5-14(11)15/h3-9H,2,10H2,1H3. The number of ether oxygens (including phenoxy) is 1. The number of hydrogen-bond donors (Lipinski definition) is 0. The van der Waals surface area contributed by atoms with E-state index in [0.29, 0.717) is 13.0 Å².